The van der Waals surface area contributed by atoms with E-state index in [0.29, 0.717) is 0 Å². The van der Waals surface area contributed by atoms with E-state index in [1.54, 1.807) is 0 Å². The van der Waals surface area contributed by atoms with E-state index in [4.69, 9.17) is 14.6 Å². The average Bonchev–Trinajstić information content (AvgIpc) is 3.03. The highest BCUT2D eigenvalue weighted by atomic mass is 16.5. The summed E-state index contributed by atoms with van der Waals surface area (Å²) in [7, 11) is 0. The summed E-state index contributed by atoms with van der Waals surface area (Å²) in [4.78, 5) is 2.43. The Hall–Kier alpha value is -0.940. The Kier molecular flexibility index (Phi) is 4.68. The summed E-state index contributed by atoms with van der Waals surface area (Å²) in [6.45, 7) is 4.65. The highest BCUT2D eigenvalue weighted by molar-refractivity contribution is 5.21. The quantitative estimate of drug-likeness (QED) is 0.907. The molecule has 3 rings (SSSR count). The fourth-order valence-corrected chi connectivity index (χ4v) is 3.00. The maximum Gasteiger partial charge on any atom is 0.0963 e. The van der Waals surface area contributed by atoms with Gasteiger partial charge in [0.1, 0.15) is 0 Å². The minimum Gasteiger partial charge on any atom is -0.392 e. The number of hydrogen-bond acceptors (Lipinski definition) is 4. The van der Waals surface area contributed by atoms with Gasteiger partial charge in [0.05, 0.1) is 25.4 Å². The zero-order valence-electron chi connectivity index (χ0n) is 11.8. The number of nitrogens with zero attached hydrogens (tertiary/aromatic N) is 1. The lowest BCUT2D eigenvalue weighted by Gasteiger charge is -2.35. The molecule has 1 aromatic carbocycles. The van der Waals surface area contributed by atoms with Gasteiger partial charge in [-0.1, -0.05) is 24.3 Å². The molecule has 4 heteroatoms. The molecule has 0 amide bonds. The predicted molar refractivity (Wildman–Crippen MR) is 76.4 cm³/mol. The van der Waals surface area contributed by atoms with Gasteiger partial charge >= 0.3 is 0 Å². The fourth-order valence-electron chi connectivity index (χ4n) is 3.00. The van der Waals surface area contributed by atoms with Crippen LogP contribution in [-0.2, 0) is 22.6 Å². The van der Waals surface area contributed by atoms with Crippen LogP contribution in [0, 0.1) is 0 Å². The zero-order valence-corrected chi connectivity index (χ0v) is 11.8. The molecule has 2 heterocycles. The lowest BCUT2D eigenvalue weighted by Crippen LogP contribution is -2.47. The normalized spacial score (nSPS) is 27.9. The third-order valence-corrected chi connectivity index (χ3v) is 4.17. The molecule has 2 atom stereocenters. The van der Waals surface area contributed by atoms with Gasteiger partial charge in [-0.25, -0.2) is 0 Å². The minimum atomic E-state index is 0.110. The molecule has 0 bridgehead atoms. The number of hydrogen-bond donors (Lipinski definition) is 1. The number of ether oxygens (including phenoxy) is 2. The molecule has 0 spiro atoms. The van der Waals surface area contributed by atoms with E-state index in [9.17, 15) is 0 Å². The Morgan fingerprint density at radius 1 is 1.05 bits per heavy atom. The van der Waals surface area contributed by atoms with Gasteiger partial charge in [-0.15, -0.1) is 0 Å². The van der Waals surface area contributed by atoms with E-state index < -0.39 is 0 Å². The number of aliphatic hydroxyl groups is 1. The Bertz CT molecular complexity index is 414. The molecule has 1 aromatic rings. The van der Waals surface area contributed by atoms with Crippen molar-refractivity contribution in [3.05, 3.63) is 35.4 Å². The Labute approximate surface area is 120 Å². The summed E-state index contributed by atoms with van der Waals surface area (Å²) < 4.78 is 11.6. The van der Waals surface area contributed by atoms with Crippen molar-refractivity contribution >= 4 is 0 Å². The second-order valence-electron chi connectivity index (χ2n) is 5.67. The highest BCUT2D eigenvalue weighted by Crippen LogP contribution is 2.21. The monoisotopic (exact) mass is 277 g/mol. The van der Waals surface area contributed by atoms with Gasteiger partial charge in [-0.2, -0.15) is 0 Å². The summed E-state index contributed by atoms with van der Waals surface area (Å²) in [5, 5.41) is 9.07. The molecule has 0 saturated carbocycles. The molecule has 0 aromatic heterocycles. The Morgan fingerprint density at radius 2 is 1.80 bits per heavy atom. The van der Waals surface area contributed by atoms with Crippen LogP contribution in [0.25, 0.3) is 0 Å². The molecule has 20 heavy (non-hydrogen) atoms. The van der Waals surface area contributed by atoms with Gasteiger partial charge in [0.2, 0.25) is 0 Å². The lowest BCUT2D eigenvalue weighted by atomic mass is 10.1. The molecule has 2 saturated heterocycles. The molecule has 2 aliphatic rings. The minimum absolute atomic E-state index is 0.110. The van der Waals surface area contributed by atoms with Crippen molar-refractivity contribution < 1.29 is 14.6 Å². The summed E-state index contributed by atoms with van der Waals surface area (Å²) in [5.74, 6) is 0. The van der Waals surface area contributed by atoms with Crippen molar-refractivity contribution in [2.24, 2.45) is 0 Å². The second kappa shape index (κ2) is 6.68. The highest BCUT2D eigenvalue weighted by Gasteiger charge is 2.30. The molecule has 0 radical (unpaired) electrons. The first-order chi connectivity index (χ1) is 9.85. The summed E-state index contributed by atoms with van der Waals surface area (Å²) in [6.07, 6.45) is 2.80. The van der Waals surface area contributed by atoms with Crippen molar-refractivity contribution in [3.8, 4) is 0 Å². The molecule has 110 valence electrons. The molecule has 2 fully saturated rings. The topological polar surface area (TPSA) is 41.9 Å². The summed E-state index contributed by atoms with van der Waals surface area (Å²) in [5.41, 5.74) is 2.25. The Morgan fingerprint density at radius 3 is 2.50 bits per heavy atom. The maximum absolute atomic E-state index is 9.07. The van der Waals surface area contributed by atoms with Crippen LogP contribution in [0.2, 0.25) is 0 Å². The van der Waals surface area contributed by atoms with E-state index in [-0.39, 0.29) is 18.8 Å². The third-order valence-electron chi connectivity index (χ3n) is 4.17. The number of morpholine rings is 1. The second-order valence-corrected chi connectivity index (χ2v) is 5.67. The van der Waals surface area contributed by atoms with E-state index in [0.717, 1.165) is 51.3 Å². The van der Waals surface area contributed by atoms with Gasteiger partial charge < -0.3 is 14.6 Å². The van der Waals surface area contributed by atoms with E-state index in [1.807, 2.05) is 12.1 Å². The number of rotatable bonds is 4. The Balaban J connectivity index is 1.56. The van der Waals surface area contributed by atoms with Crippen molar-refractivity contribution in [1.29, 1.82) is 0 Å². The standard InChI is InChI=1S/C16H23NO3/c18-12-14-5-3-13(4-6-14)10-17-7-9-20-16(11-17)15-2-1-8-19-15/h3-6,15-16,18H,1-2,7-12H2. The molecule has 0 aliphatic carbocycles. The summed E-state index contributed by atoms with van der Waals surface area (Å²) in [6, 6.07) is 8.19. The number of benzene rings is 1. The van der Waals surface area contributed by atoms with Gasteiger partial charge in [0.25, 0.3) is 0 Å². The van der Waals surface area contributed by atoms with Crippen LogP contribution in [0.1, 0.15) is 24.0 Å². The molecular formula is C16H23NO3. The van der Waals surface area contributed by atoms with Crippen molar-refractivity contribution in [3.63, 3.8) is 0 Å². The molecule has 2 unspecified atom stereocenters. The maximum atomic E-state index is 9.07. The molecule has 2 aliphatic heterocycles. The van der Waals surface area contributed by atoms with E-state index >= 15 is 0 Å². The predicted octanol–water partition coefficient (Wildman–Crippen LogP) is 1.56. The van der Waals surface area contributed by atoms with Gasteiger partial charge in [-0.3, -0.25) is 4.90 Å². The van der Waals surface area contributed by atoms with Gasteiger partial charge in [0, 0.05) is 26.2 Å². The fraction of sp³-hybridized carbons (Fsp3) is 0.625. The van der Waals surface area contributed by atoms with Gasteiger partial charge in [-0.05, 0) is 24.0 Å². The van der Waals surface area contributed by atoms with Crippen LogP contribution in [0.5, 0.6) is 0 Å². The van der Waals surface area contributed by atoms with Crippen molar-refractivity contribution in [1.82, 2.24) is 4.90 Å². The van der Waals surface area contributed by atoms with Crippen LogP contribution < -0.4 is 0 Å². The van der Waals surface area contributed by atoms with Gasteiger partial charge in [0.15, 0.2) is 0 Å². The van der Waals surface area contributed by atoms with E-state index in [1.165, 1.54) is 5.56 Å². The van der Waals surface area contributed by atoms with Crippen molar-refractivity contribution in [2.45, 2.75) is 38.2 Å². The average molecular weight is 277 g/mol. The third kappa shape index (κ3) is 3.38. The molecule has 4 nitrogen and oxygen atoms in total. The molecule has 1 N–H and O–H groups in total. The van der Waals surface area contributed by atoms with Crippen LogP contribution in [0.4, 0.5) is 0 Å². The molecular weight excluding hydrogens is 254 g/mol. The van der Waals surface area contributed by atoms with Crippen LogP contribution in [0.15, 0.2) is 24.3 Å². The van der Waals surface area contributed by atoms with Crippen LogP contribution >= 0.6 is 0 Å². The largest absolute Gasteiger partial charge is 0.392 e. The zero-order chi connectivity index (χ0) is 13.8. The SMILES string of the molecule is OCc1ccc(CN2CCOC(C3CCCO3)C2)cc1. The van der Waals surface area contributed by atoms with Crippen LogP contribution in [0.3, 0.4) is 0 Å². The van der Waals surface area contributed by atoms with E-state index in [2.05, 4.69) is 17.0 Å². The first-order valence-corrected chi connectivity index (χ1v) is 7.49. The van der Waals surface area contributed by atoms with Crippen molar-refractivity contribution in [2.75, 3.05) is 26.3 Å². The van der Waals surface area contributed by atoms with Crippen LogP contribution in [-0.4, -0.2) is 48.5 Å². The smallest absolute Gasteiger partial charge is 0.0963 e. The first-order valence-electron chi connectivity index (χ1n) is 7.49. The number of aliphatic hydroxyl groups excluding tert-OH is 1. The summed E-state index contributed by atoms with van der Waals surface area (Å²) >= 11 is 0. The first kappa shape index (κ1) is 14.0. The lowest BCUT2D eigenvalue weighted by molar-refractivity contribution is -0.0959.